The van der Waals surface area contributed by atoms with Gasteiger partial charge in [-0.15, -0.1) is 0 Å². The van der Waals surface area contributed by atoms with Gasteiger partial charge in [0.05, 0.1) is 12.8 Å². The van der Waals surface area contributed by atoms with Crippen LogP contribution < -0.4 is 10.6 Å². The number of nitrogens with zero attached hydrogens (tertiary/aromatic N) is 1. The highest BCUT2D eigenvalue weighted by molar-refractivity contribution is 5.97. The van der Waals surface area contributed by atoms with E-state index in [9.17, 15) is 10.1 Å². The highest BCUT2D eigenvalue weighted by atomic mass is 16.3. The standard InChI is InChI=1S/C18H23N3O2/c1-12(17-8-13-4-5-14(17)7-13)20-10-15(9-19)18(22)21-11-16-3-2-6-23-16/h2-3,6,10,12-14,17,20H,4-5,7-8,11H2,1H3,(H,21,22)/b15-10-. The van der Waals surface area contributed by atoms with Crippen LogP contribution in [0.15, 0.2) is 34.6 Å². The molecule has 23 heavy (non-hydrogen) atoms. The summed E-state index contributed by atoms with van der Waals surface area (Å²) >= 11 is 0. The zero-order valence-corrected chi connectivity index (χ0v) is 13.4. The molecule has 122 valence electrons. The van der Waals surface area contributed by atoms with Crippen LogP contribution in [0.2, 0.25) is 0 Å². The van der Waals surface area contributed by atoms with Gasteiger partial charge in [0.25, 0.3) is 5.91 Å². The van der Waals surface area contributed by atoms with Crippen LogP contribution in [0.1, 0.15) is 38.4 Å². The quantitative estimate of drug-likeness (QED) is 0.625. The van der Waals surface area contributed by atoms with E-state index in [1.165, 1.54) is 25.7 Å². The van der Waals surface area contributed by atoms with Crippen LogP contribution in [-0.2, 0) is 11.3 Å². The van der Waals surface area contributed by atoms with Gasteiger partial charge in [0.1, 0.15) is 17.4 Å². The van der Waals surface area contributed by atoms with Crippen LogP contribution in [0.25, 0.3) is 0 Å². The van der Waals surface area contributed by atoms with Crippen molar-refractivity contribution in [2.45, 2.75) is 45.2 Å². The molecule has 2 N–H and O–H groups in total. The Morgan fingerprint density at radius 1 is 1.52 bits per heavy atom. The van der Waals surface area contributed by atoms with Gasteiger partial charge < -0.3 is 15.1 Å². The Labute approximate surface area is 136 Å². The number of nitrogens with one attached hydrogen (secondary N) is 2. The molecule has 0 aliphatic heterocycles. The second-order valence-electron chi connectivity index (χ2n) is 6.73. The number of rotatable bonds is 6. The fraction of sp³-hybridized carbons (Fsp3) is 0.556. The second-order valence-corrected chi connectivity index (χ2v) is 6.73. The summed E-state index contributed by atoms with van der Waals surface area (Å²) in [6.45, 7) is 2.43. The van der Waals surface area contributed by atoms with E-state index in [-0.39, 0.29) is 18.0 Å². The van der Waals surface area contributed by atoms with Crippen LogP contribution in [0.4, 0.5) is 0 Å². The highest BCUT2D eigenvalue weighted by Gasteiger charge is 2.41. The molecule has 2 aliphatic rings. The predicted octanol–water partition coefficient (Wildman–Crippen LogP) is 2.72. The maximum Gasteiger partial charge on any atom is 0.263 e. The topological polar surface area (TPSA) is 78.1 Å². The zero-order chi connectivity index (χ0) is 16.2. The lowest BCUT2D eigenvalue weighted by molar-refractivity contribution is -0.117. The summed E-state index contributed by atoms with van der Waals surface area (Å²) in [5.74, 6) is 2.66. The summed E-state index contributed by atoms with van der Waals surface area (Å²) in [7, 11) is 0. The molecule has 2 bridgehead atoms. The van der Waals surface area contributed by atoms with E-state index in [1.807, 2.05) is 6.07 Å². The summed E-state index contributed by atoms with van der Waals surface area (Å²) in [6.07, 6.45) is 8.46. The number of hydrogen-bond acceptors (Lipinski definition) is 4. The Morgan fingerprint density at radius 3 is 3.00 bits per heavy atom. The van der Waals surface area contributed by atoms with Gasteiger partial charge in [-0.2, -0.15) is 5.26 Å². The molecule has 5 nitrogen and oxygen atoms in total. The van der Waals surface area contributed by atoms with Gasteiger partial charge in [-0.1, -0.05) is 6.42 Å². The molecule has 4 unspecified atom stereocenters. The number of carbonyl (C=O) groups excluding carboxylic acids is 1. The predicted molar refractivity (Wildman–Crippen MR) is 85.8 cm³/mol. The molecule has 4 atom stereocenters. The van der Waals surface area contributed by atoms with E-state index < -0.39 is 0 Å². The maximum atomic E-state index is 12.0. The molecule has 0 aromatic carbocycles. The summed E-state index contributed by atoms with van der Waals surface area (Å²) in [6, 6.07) is 5.81. The van der Waals surface area contributed by atoms with Crippen molar-refractivity contribution < 1.29 is 9.21 Å². The number of carbonyl (C=O) groups is 1. The molecular formula is C18H23N3O2. The summed E-state index contributed by atoms with van der Waals surface area (Å²) < 4.78 is 5.16. The molecule has 1 aromatic rings. The summed E-state index contributed by atoms with van der Waals surface area (Å²) in [4.78, 5) is 12.0. The molecule has 0 saturated heterocycles. The minimum atomic E-state index is -0.378. The van der Waals surface area contributed by atoms with Gasteiger partial charge >= 0.3 is 0 Å². The van der Waals surface area contributed by atoms with E-state index in [1.54, 1.807) is 24.6 Å². The molecule has 1 heterocycles. The van der Waals surface area contributed by atoms with Gasteiger partial charge in [-0.25, -0.2) is 0 Å². The van der Waals surface area contributed by atoms with Crippen LogP contribution in [0.5, 0.6) is 0 Å². The first kappa shape index (κ1) is 15.7. The lowest BCUT2D eigenvalue weighted by atomic mass is 9.84. The second kappa shape index (κ2) is 6.91. The third-order valence-electron chi connectivity index (χ3n) is 5.29. The highest BCUT2D eigenvalue weighted by Crippen LogP contribution is 2.49. The number of nitriles is 1. The van der Waals surface area contributed by atoms with E-state index in [4.69, 9.17) is 4.42 Å². The molecule has 3 rings (SSSR count). The van der Waals surface area contributed by atoms with Gasteiger partial charge in [-0.05, 0) is 56.1 Å². The van der Waals surface area contributed by atoms with Crippen LogP contribution in [0, 0.1) is 29.1 Å². The smallest absolute Gasteiger partial charge is 0.263 e. The Hall–Kier alpha value is -2.22. The van der Waals surface area contributed by atoms with Crippen molar-refractivity contribution in [3.63, 3.8) is 0 Å². The minimum absolute atomic E-state index is 0.103. The van der Waals surface area contributed by atoms with Gasteiger partial charge in [0, 0.05) is 12.2 Å². The molecule has 0 radical (unpaired) electrons. The van der Waals surface area contributed by atoms with Crippen molar-refractivity contribution in [1.82, 2.24) is 10.6 Å². The van der Waals surface area contributed by atoms with E-state index in [0.29, 0.717) is 17.7 Å². The first-order valence-corrected chi connectivity index (χ1v) is 8.34. The minimum Gasteiger partial charge on any atom is -0.467 e. The van der Waals surface area contributed by atoms with Crippen LogP contribution >= 0.6 is 0 Å². The zero-order valence-electron chi connectivity index (χ0n) is 13.4. The number of amides is 1. The van der Waals surface area contributed by atoms with Gasteiger partial charge in [-0.3, -0.25) is 4.79 Å². The average Bonchev–Trinajstić information content (AvgIpc) is 3.30. The first-order valence-electron chi connectivity index (χ1n) is 8.34. The molecule has 5 heteroatoms. The number of fused-ring (bicyclic) bond motifs is 2. The van der Waals surface area contributed by atoms with Crippen LogP contribution in [-0.4, -0.2) is 11.9 Å². The maximum absolute atomic E-state index is 12.0. The third-order valence-corrected chi connectivity index (χ3v) is 5.29. The van der Waals surface area contributed by atoms with Crippen molar-refractivity contribution in [2.24, 2.45) is 17.8 Å². The van der Waals surface area contributed by atoms with Gasteiger partial charge in [0.15, 0.2) is 0 Å². The summed E-state index contributed by atoms with van der Waals surface area (Å²) in [5, 5.41) is 15.2. The fourth-order valence-electron chi connectivity index (χ4n) is 4.07. The molecule has 2 aliphatic carbocycles. The van der Waals surface area contributed by atoms with Crippen molar-refractivity contribution >= 4 is 5.91 Å². The fourth-order valence-corrected chi connectivity index (χ4v) is 4.07. The SMILES string of the molecule is CC(N/C=C(/C#N)C(=O)NCc1ccco1)C1CC2CCC1C2. The molecule has 2 saturated carbocycles. The summed E-state index contributed by atoms with van der Waals surface area (Å²) in [5.41, 5.74) is 0.103. The van der Waals surface area contributed by atoms with Gasteiger partial charge in [0.2, 0.25) is 0 Å². The van der Waals surface area contributed by atoms with Crippen molar-refractivity contribution in [1.29, 1.82) is 5.26 Å². The monoisotopic (exact) mass is 313 g/mol. The Morgan fingerprint density at radius 2 is 2.39 bits per heavy atom. The molecule has 2 fully saturated rings. The molecule has 1 aromatic heterocycles. The van der Waals surface area contributed by atoms with E-state index >= 15 is 0 Å². The normalized spacial score (nSPS) is 27.5. The third kappa shape index (κ3) is 3.58. The lowest BCUT2D eigenvalue weighted by Gasteiger charge is -2.28. The number of hydrogen-bond donors (Lipinski definition) is 2. The van der Waals surface area contributed by atoms with Crippen molar-refractivity contribution in [3.8, 4) is 6.07 Å². The van der Waals surface area contributed by atoms with Crippen molar-refractivity contribution in [2.75, 3.05) is 0 Å². The Kier molecular flexibility index (Phi) is 4.71. The van der Waals surface area contributed by atoms with Crippen molar-refractivity contribution in [3.05, 3.63) is 35.9 Å². The Bertz CT molecular complexity index is 615. The van der Waals surface area contributed by atoms with E-state index in [2.05, 4.69) is 17.6 Å². The van der Waals surface area contributed by atoms with E-state index in [0.717, 1.165) is 11.8 Å². The number of furan rings is 1. The van der Waals surface area contributed by atoms with Crippen LogP contribution in [0.3, 0.4) is 0 Å². The average molecular weight is 313 g/mol. The molecular weight excluding hydrogens is 290 g/mol. The largest absolute Gasteiger partial charge is 0.467 e. The lowest BCUT2D eigenvalue weighted by Crippen LogP contribution is -2.34. The molecule has 0 spiro atoms. The Balaban J connectivity index is 1.52. The first-order chi connectivity index (χ1) is 11.2. The molecule has 1 amide bonds.